The topological polar surface area (TPSA) is 89.9 Å². The van der Waals surface area contributed by atoms with Gasteiger partial charge in [-0.1, -0.05) is 0 Å². The highest BCUT2D eigenvalue weighted by molar-refractivity contribution is 7.44. The molecule has 0 bridgehead atoms. The maximum atomic E-state index is 11.2. The van der Waals surface area contributed by atoms with Crippen molar-refractivity contribution >= 4 is 19.7 Å². The second kappa shape index (κ2) is 8.44. The number of carbonyl (C=O) groups is 2. The van der Waals surface area contributed by atoms with Crippen molar-refractivity contribution in [2.75, 3.05) is 25.7 Å². The Morgan fingerprint density at radius 3 is 2.60 bits per heavy atom. The zero-order valence-electron chi connectivity index (χ0n) is 8.52. The van der Waals surface area contributed by atoms with Gasteiger partial charge < -0.3 is 19.1 Å². The Bertz CT molecular complexity index is 239. The molecule has 0 aliphatic carbocycles. The largest absolute Gasteiger partial charge is 0.481 e. The fourth-order valence-corrected chi connectivity index (χ4v) is 1.65. The summed E-state index contributed by atoms with van der Waals surface area (Å²) in [5.41, 5.74) is 0. The Morgan fingerprint density at radius 1 is 1.40 bits per heavy atom. The lowest BCUT2D eigenvalue weighted by Gasteiger charge is -2.03. The van der Waals surface area contributed by atoms with E-state index in [1.807, 2.05) is 0 Å². The average Bonchev–Trinajstić information content (AvgIpc) is 2.13. The van der Waals surface area contributed by atoms with Gasteiger partial charge in [0.05, 0.1) is 13.0 Å². The summed E-state index contributed by atoms with van der Waals surface area (Å²) in [7, 11) is -1.87. The Kier molecular flexibility index (Phi) is 7.95. The second-order valence-electron chi connectivity index (χ2n) is 2.72. The molecular formula is C8H15O6P. The highest BCUT2D eigenvalue weighted by atomic mass is 31.1. The molecule has 0 rings (SSSR count). The van der Waals surface area contributed by atoms with Gasteiger partial charge in [0.15, 0.2) is 0 Å². The number of hydrogen-bond donors (Lipinski definition) is 1. The maximum Gasteiger partial charge on any atom is 0.317 e. The summed E-state index contributed by atoms with van der Waals surface area (Å²) in [6.45, 7) is 2.27. The molecule has 1 atom stereocenters. The minimum Gasteiger partial charge on any atom is -0.481 e. The van der Waals surface area contributed by atoms with Gasteiger partial charge in [-0.25, -0.2) is 0 Å². The number of esters is 1. The third kappa shape index (κ3) is 9.43. The van der Waals surface area contributed by atoms with Crippen LogP contribution in [0.15, 0.2) is 0 Å². The molecule has 1 unspecified atom stereocenters. The molecule has 0 aromatic rings. The van der Waals surface area contributed by atoms with E-state index in [0.717, 1.165) is 0 Å². The Balaban J connectivity index is 3.48. The smallest absolute Gasteiger partial charge is 0.317 e. The van der Waals surface area contributed by atoms with Crippen LogP contribution in [0.25, 0.3) is 0 Å². The van der Waals surface area contributed by atoms with Crippen LogP contribution in [-0.4, -0.2) is 42.8 Å². The molecule has 7 heteroatoms. The predicted octanol–water partition coefficient (Wildman–Crippen LogP) is 0.558. The van der Waals surface area contributed by atoms with Crippen LogP contribution in [0.4, 0.5) is 0 Å². The van der Waals surface area contributed by atoms with Crippen LogP contribution in [0.2, 0.25) is 0 Å². The summed E-state index contributed by atoms with van der Waals surface area (Å²) in [5, 5.41) is 8.23. The van der Waals surface area contributed by atoms with Crippen molar-refractivity contribution in [3.8, 4) is 0 Å². The highest BCUT2D eigenvalue weighted by Crippen LogP contribution is 2.19. The summed E-state index contributed by atoms with van der Waals surface area (Å²) < 4.78 is 20.6. The van der Waals surface area contributed by atoms with E-state index in [0.29, 0.717) is 6.61 Å². The van der Waals surface area contributed by atoms with Gasteiger partial charge in [-0.05, 0) is 6.92 Å². The summed E-state index contributed by atoms with van der Waals surface area (Å²) in [6.07, 6.45) is -0.250. The predicted molar refractivity (Wildman–Crippen MR) is 53.6 cm³/mol. The molecule has 0 spiro atoms. The van der Waals surface area contributed by atoms with Gasteiger partial charge in [0.25, 0.3) is 0 Å². The molecule has 0 aromatic carbocycles. The van der Waals surface area contributed by atoms with Gasteiger partial charge in [0.2, 0.25) is 0 Å². The quantitative estimate of drug-likeness (QED) is 0.377. The molecular weight excluding hydrogens is 223 g/mol. The lowest BCUT2D eigenvalue weighted by Crippen LogP contribution is -2.12. The molecule has 6 nitrogen and oxygen atoms in total. The van der Waals surface area contributed by atoms with Gasteiger partial charge in [0, 0.05) is 12.8 Å². The van der Waals surface area contributed by atoms with Gasteiger partial charge >= 0.3 is 11.9 Å². The summed E-state index contributed by atoms with van der Waals surface area (Å²) in [6, 6.07) is 0. The van der Waals surface area contributed by atoms with Crippen LogP contribution in [0.3, 0.4) is 0 Å². The average molecular weight is 238 g/mol. The van der Waals surface area contributed by atoms with Crippen molar-refractivity contribution in [3.63, 3.8) is 0 Å². The Hall–Kier alpha value is -0.870. The van der Waals surface area contributed by atoms with E-state index in [1.165, 1.54) is 0 Å². The van der Waals surface area contributed by atoms with E-state index >= 15 is 0 Å². The first kappa shape index (κ1) is 14.1. The standard InChI is InChI=1S/C8H15O6P/c1-2-13-6-15(12)4-3-14-8(11)5-7(9)10/h15H,2-6H2,1H3,(H,9,10). The first-order chi connectivity index (χ1) is 7.06. The molecule has 15 heavy (non-hydrogen) atoms. The van der Waals surface area contributed by atoms with Crippen molar-refractivity contribution in [3.05, 3.63) is 0 Å². The van der Waals surface area contributed by atoms with Gasteiger partial charge in [-0.15, -0.1) is 0 Å². The lowest BCUT2D eigenvalue weighted by molar-refractivity contribution is -0.150. The van der Waals surface area contributed by atoms with E-state index in [1.54, 1.807) is 6.92 Å². The number of carboxylic acids is 1. The first-order valence-corrected chi connectivity index (χ1v) is 6.35. The molecule has 0 saturated heterocycles. The Labute approximate surface area is 88.3 Å². The van der Waals surface area contributed by atoms with Crippen LogP contribution in [0, 0.1) is 0 Å². The van der Waals surface area contributed by atoms with E-state index in [9.17, 15) is 14.2 Å². The van der Waals surface area contributed by atoms with Crippen molar-refractivity contribution in [2.24, 2.45) is 0 Å². The number of hydrogen-bond acceptors (Lipinski definition) is 5. The van der Waals surface area contributed by atoms with E-state index in [4.69, 9.17) is 9.84 Å². The van der Waals surface area contributed by atoms with Gasteiger partial charge in [-0.2, -0.15) is 0 Å². The van der Waals surface area contributed by atoms with Crippen LogP contribution in [0.1, 0.15) is 13.3 Å². The fraction of sp³-hybridized carbons (Fsp3) is 0.750. The zero-order valence-corrected chi connectivity index (χ0v) is 9.52. The summed E-state index contributed by atoms with van der Waals surface area (Å²) in [5.74, 6) is -2.05. The molecule has 0 saturated carbocycles. The monoisotopic (exact) mass is 238 g/mol. The van der Waals surface area contributed by atoms with Gasteiger partial charge in [-0.3, -0.25) is 9.59 Å². The van der Waals surface area contributed by atoms with Gasteiger partial charge in [0.1, 0.15) is 14.2 Å². The Morgan fingerprint density at radius 2 is 2.07 bits per heavy atom. The van der Waals surface area contributed by atoms with Crippen LogP contribution >= 0.6 is 7.80 Å². The molecule has 0 radical (unpaired) electrons. The van der Waals surface area contributed by atoms with Crippen LogP contribution < -0.4 is 0 Å². The molecule has 0 fully saturated rings. The minimum absolute atomic E-state index is 0.0169. The molecule has 88 valence electrons. The van der Waals surface area contributed by atoms with Crippen molar-refractivity contribution in [1.82, 2.24) is 0 Å². The van der Waals surface area contributed by atoms with Crippen LogP contribution in [-0.2, 0) is 23.6 Å². The van der Waals surface area contributed by atoms with E-state index in [-0.39, 0.29) is 19.1 Å². The number of carboxylic acid groups (broad SMARTS) is 1. The molecule has 0 heterocycles. The summed E-state index contributed by atoms with van der Waals surface area (Å²) in [4.78, 5) is 20.8. The van der Waals surface area contributed by atoms with E-state index < -0.39 is 26.2 Å². The third-order valence-electron chi connectivity index (χ3n) is 1.41. The van der Waals surface area contributed by atoms with Crippen LogP contribution in [0.5, 0.6) is 0 Å². The summed E-state index contributed by atoms with van der Waals surface area (Å²) >= 11 is 0. The molecule has 1 N–H and O–H groups in total. The zero-order chi connectivity index (χ0) is 11.7. The lowest BCUT2D eigenvalue weighted by atomic mass is 10.4. The minimum atomic E-state index is -1.87. The number of ether oxygens (including phenoxy) is 2. The SMILES string of the molecule is CCOC[PH](=O)CCOC(=O)CC(=O)O. The fourth-order valence-electron chi connectivity index (χ4n) is 0.741. The van der Waals surface area contributed by atoms with Crippen molar-refractivity contribution < 1.29 is 28.7 Å². The molecule has 0 aromatic heterocycles. The number of rotatable bonds is 8. The molecule has 0 aliphatic heterocycles. The highest BCUT2D eigenvalue weighted by Gasteiger charge is 2.09. The molecule has 0 aliphatic rings. The van der Waals surface area contributed by atoms with Crippen molar-refractivity contribution in [2.45, 2.75) is 13.3 Å². The first-order valence-electron chi connectivity index (χ1n) is 4.53. The van der Waals surface area contributed by atoms with Crippen molar-refractivity contribution in [1.29, 1.82) is 0 Å². The van der Waals surface area contributed by atoms with E-state index in [2.05, 4.69) is 4.74 Å². The second-order valence-corrected chi connectivity index (χ2v) is 4.58. The number of carbonyl (C=O) groups excluding carboxylic acids is 1. The maximum absolute atomic E-state index is 11.2. The molecule has 0 amide bonds. The number of aliphatic carboxylic acids is 1. The normalized spacial score (nSPS) is 12.1. The third-order valence-corrected chi connectivity index (χ3v) is 2.69.